The van der Waals surface area contributed by atoms with Gasteiger partial charge in [-0.1, -0.05) is 81.4 Å². The zero-order valence-corrected chi connectivity index (χ0v) is 27.3. The fraction of sp³-hybridized carbons (Fsp3) is 0.394. The van der Waals surface area contributed by atoms with Crippen LogP contribution in [-0.2, 0) is 27.7 Å². The Kier molecular flexibility index (Phi) is 12.8. The molecular weight excluding hydrogens is 610 g/mol. The summed E-state index contributed by atoms with van der Waals surface area (Å²) in [7, 11) is -4.09. The van der Waals surface area contributed by atoms with Gasteiger partial charge in [-0.05, 0) is 59.6 Å². The van der Waals surface area contributed by atoms with Crippen molar-refractivity contribution in [2.75, 3.05) is 13.1 Å². The summed E-state index contributed by atoms with van der Waals surface area (Å²) in [4.78, 5) is 30.0. The first-order valence-corrected chi connectivity index (χ1v) is 16.4. The number of benzene rings is 2. The van der Waals surface area contributed by atoms with E-state index in [9.17, 15) is 28.2 Å². The average Bonchev–Trinajstić information content (AvgIpc) is 3.00. The number of hydrogen-bond acceptors (Lipinski definition) is 8. The highest BCUT2D eigenvalue weighted by molar-refractivity contribution is 7.89. The van der Waals surface area contributed by atoms with E-state index in [1.165, 1.54) is 34.8 Å². The molecule has 1 heterocycles. The van der Waals surface area contributed by atoms with E-state index in [-0.39, 0.29) is 36.7 Å². The van der Waals surface area contributed by atoms with Gasteiger partial charge in [0, 0.05) is 25.0 Å². The molecule has 3 aromatic rings. The molecule has 3 rings (SSSR count). The lowest BCUT2D eigenvalue weighted by Crippen LogP contribution is -2.59. The standard InChI is InChI=1S/C33H43N5O7S/c1-23(2)21-38(46(44,45)27-15-13-25(14-16-27)20-35-43)22-29(39)28(18-24-10-6-5-7-11-24)36-31(40)30(37-32(41)42)33(3,4)19-26-12-8-9-17-34-26/h5-17,20,23,28-30,37,39,43H,18-19,21-22H2,1-4H3,(H,36,40)(H,41,42)/b35-20+/t28-,29+,30+/m0/s1. The van der Waals surface area contributed by atoms with E-state index < -0.39 is 45.6 Å². The molecule has 13 heteroatoms. The number of aliphatic hydroxyl groups is 1. The highest BCUT2D eigenvalue weighted by atomic mass is 32.2. The molecule has 0 saturated heterocycles. The Hall–Kier alpha value is -4.33. The lowest BCUT2D eigenvalue weighted by Gasteiger charge is -2.36. The van der Waals surface area contributed by atoms with Crippen molar-refractivity contribution in [3.63, 3.8) is 0 Å². The van der Waals surface area contributed by atoms with Crippen molar-refractivity contribution in [1.29, 1.82) is 0 Å². The van der Waals surface area contributed by atoms with Gasteiger partial charge in [0.2, 0.25) is 15.9 Å². The number of amides is 2. The largest absolute Gasteiger partial charge is 0.465 e. The van der Waals surface area contributed by atoms with Gasteiger partial charge in [0.1, 0.15) is 6.04 Å². The number of rotatable bonds is 16. The van der Waals surface area contributed by atoms with E-state index in [1.807, 2.05) is 44.2 Å². The minimum Gasteiger partial charge on any atom is -0.465 e. The lowest BCUT2D eigenvalue weighted by molar-refractivity contribution is -0.127. The molecule has 46 heavy (non-hydrogen) atoms. The van der Waals surface area contributed by atoms with Gasteiger partial charge in [-0.15, -0.1) is 0 Å². The van der Waals surface area contributed by atoms with Crippen LogP contribution in [0, 0.1) is 11.3 Å². The van der Waals surface area contributed by atoms with E-state index in [1.54, 1.807) is 38.2 Å². The van der Waals surface area contributed by atoms with Gasteiger partial charge >= 0.3 is 6.09 Å². The molecule has 0 saturated carbocycles. The number of nitrogens with zero attached hydrogens (tertiary/aromatic N) is 3. The molecule has 3 atom stereocenters. The Morgan fingerprint density at radius 3 is 2.20 bits per heavy atom. The Morgan fingerprint density at radius 1 is 0.978 bits per heavy atom. The van der Waals surface area contributed by atoms with E-state index in [0.717, 1.165) is 5.56 Å². The number of oxime groups is 1. The minimum absolute atomic E-state index is 0.0129. The van der Waals surface area contributed by atoms with Crippen molar-refractivity contribution in [2.24, 2.45) is 16.5 Å². The van der Waals surface area contributed by atoms with Crippen LogP contribution in [0.4, 0.5) is 4.79 Å². The predicted molar refractivity (Wildman–Crippen MR) is 174 cm³/mol. The third-order valence-electron chi connectivity index (χ3n) is 7.45. The molecule has 5 N–H and O–H groups in total. The molecule has 0 unspecified atom stereocenters. The van der Waals surface area contributed by atoms with Crippen LogP contribution in [0.3, 0.4) is 0 Å². The molecule has 0 bridgehead atoms. The second-order valence-corrected chi connectivity index (χ2v) is 14.2. The molecule has 2 amide bonds. The first-order chi connectivity index (χ1) is 21.7. The number of sulfonamides is 1. The van der Waals surface area contributed by atoms with Crippen molar-refractivity contribution in [2.45, 2.75) is 63.6 Å². The molecule has 0 aliphatic carbocycles. The molecule has 0 spiro atoms. The van der Waals surface area contributed by atoms with Crippen LogP contribution >= 0.6 is 0 Å². The number of aromatic nitrogens is 1. The summed E-state index contributed by atoms with van der Waals surface area (Å²) >= 11 is 0. The zero-order chi connectivity index (χ0) is 33.9. The maximum absolute atomic E-state index is 13.9. The Bertz CT molecular complexity index is 1550. The van der Waals surface area contributed by atoms with Crippen LogP contribution in [0.1, 0.15) is 44.5 Å². The quantitative estimate of drug-likeness (QED) is 0.0884. The first kappa shape index (κ1) is 36.1. The van der Waals surface area contributed by atoms with Crippen LogP contribution in [-0.4, -0.2) is 82.6 Å². The number of carbonyl (C=O) groups is 2. The Labute approximate surface area is 270 Å². The number of pyridine rings is 1. The van der Waals surface area contributed by atoms with Crippen LogP contribution < -0.4 is 10.6 Å². The van der Waals surface area contributed by atoms with E-state index in [2.05, 4.69) is 20.8 Å². The summed E-state index contributed by atoms with van der Waals surface area (Å²) in [6.07, 6.45) is 0.460. The smallest absolute Gasteiger partial charge is 0.405 e. The van der Waals surface area contributed by atoms with Crippen molar-refractivity contribution in [3.8, 4) is 0 Å². The zero-order valence-electron chi connectivity index (χ0n) is 26.4. The van der Waals surface area contributed by atoms with Gasteiger partial charge in [-0.3, -0.25) is 9.78 Å². The van der Waals surface area contributed by atoms with Crippen LogP contribution in [0.5, 0.6) is 0 Å². The molecule has 248 valence electrons. The third-order valence-corrected chi connectivity index (χ3v) is 9.29. The minimum atomic E-state index is -4.09. The number of carboxylic acid groups (broad SMARTS) is 1. The third kappa shape index (κ3) is 10.4. The predicted octanol–water partition coefficient (Wildman–Crippen LogP) is 3.53. The van der Waals surface area contributed by atoms with Crippen molar-refractivity contribution >= 4 is 28.2 Å². The summed E-state index contributed by atoms with van der Waals surface area (Å²) in [6.45, 7) is 6.95. The molecular formula is C33H43N5O7S. The van der Waals surface area contributed by atoms with Crippen LogP contribution in [0.2, 0.25) is 0 Å². The van der Waals surface area contributed by atoms with Crippen LogP contribution in [0.15, 0.2) is 89.0 Å². The highest BCUT2D eigenvalue weighted by Gasteiger charge is 2.39. The topological polar surface area (TPSA) is 182 Å². The molecule has 1 aromatic heterocycles. The number of nitrogens with one attached hydrogen (secondary N) is 2. The second-order valence-electron chi connectivity index (χ2n) is 12.3. The number of hydrogen-bond donors (Lipinski definition) is 5. The van der Waals surface area contributed by atoms with E-state index in [0.29, 0.717) is 11.3 Å². The maximum Gasteiger partial charge on any atom is 0.405 e. The fourth-order valence-electron chi connectivity index (χ4n) is 5.18. The Balaban J connectivity index is 1.93. The van der Waals surface area contributed by atoms with Gasteiger partial charge in [0.15, 0.2) is 0 Å². The summed E-state index contributed by atoms with van der Waals surface area (Å²) in [5, 5.41) is 38.2. The fourth-order valence-corrected chi connectivity index (χ4v) is 6.81. The maximum atomic E-state index is 13.9. The molecule has 0 aliphatic heterocycles. The van der Waals surface area contributed by atoms with Crippen molar-refractivity contribution in [1.82, 2.24) is 19.9 Å². The summed E-state index contributed by atoms with van der Waals surface area (Å²) in [5.41, 5.74) is 1.02. The molecule has 0 aliphatic rings. The monoisotopic (exact) mass is 653 g/mol. The van der Waals surface area contributed by atoms with Crippen LogP contribution in [0.25, 0.3) is 0 Å². The average molecular weight is 654 g/mol. The molecule has 12 nitrogen and oxygen atoms in total. The van der Waals surface area contributed by atoms with Gasteiger partial charge in [-0.2, -0.15) is 4.31 Å². The molecule has 0 radical (unpaired) electrons. The number of carbonyl (C=O) groups excluding carboxylic acids is 1. The van der Waals surface area contributed by atoms with E-state index in [4.69, 9.17) is 5.21 Å². The molecule has 0 fully saturated rings. The number of aliphatic hydroxyl groups excluding tert-OH is 1. The van der Waals surface area contributed by atoms with E-state index >= 15 is 0 Å². The Morgan fingerprint density at radius 2 is 1.63 bits per heavy atom. The van der Waals surface area contributed by atoms with Gasteiger partial charge in [0.05, 0.1) is 23.3 Å². The van der Waals surface area contributed by atoms with Gasteiger partial charge in [0.25, 0.3) is 0 Å². The second kappa shape index (κ2) is 16.3. The van der Waals surface area contributed by atoms with Gasteiger partial charge in [-0.25, -0.2) is 13.2 Å². The summed E-state index contributed by atoms with van der Waals surface area (Å²) in [5.74, 6) is -0.760. The van der Waals surface area contributed by atoms with Crippen molar-refractivity contribution < 1.29 is 33.4 Å². The molecule has 2 aromatic carbocycles. The summed E-state index contributed by atoms with van der Waals surface area (Å²) in [6, 6.07) is 18.0. The SMILES string of the molecule is CC(C)CN(C[C@@H](O)[C@H](Cc1ccccc1)NC(=O)[C@@H](NC(=O)O)C(C)(C)Cc1ccccn1)S(=O)(=O)c1ccc(/C=N/O)cc1. The normalized spacial score (nSPS) is 14.2. The lowest BCUT2D eigenvalue weighted by atomic mass is 9.79. The first-order valence-electron chi connectivity index (χ1n) is 14.9. The van der Waals surface area contributed by atoms with Crippen molar-refractivity contribution in [3.05, 3.63) is 95.8 Å². The summed E-state index contributed by atoms with van der Waals surface area (Å²) < 4.78 is 28.7. The highest BCUT2D eigenvalue weighted by Crippen LogP contribution is 2.27. The van der Waals surface area contributed by atoms with Gasteiger partial charge < -0.3 is 26.1 Å².